The van der Waals surface area contributed by atoms with Crippen molar-refractivity contribution in [1.29, 1.82) is 0 Å². The average molecular weight is 289 g/mol. The Hall–Kier alpha value is -2.21. The van der Waals surface area contributed by atoms with Crippen LogP contribution in [0.5, 0.6) is 0 Å². The molecule has 1 amide bonds. The van der Waals surface area contributed by atoms with Crippen LogP contribution in [0.2, 0.25) is 0 Å². The lowest BCUT2D eigenvalue weighted by Gasteiger charge is -2.16. The Bertz CT molecular complexity index is 608. The summed E-state index contributed by atoms with van der Waals surface area (Å²) in [5, 5.41) is 13.8. The van der Waals surface area contributed by atoms with Crippen LogP contribution in [0.15, 0.2) is 29.0 Å². The molecule has 0 aliphatic rings. The Balaban J connectivity index is 2.51. The van der Waals surface area contributed by atoms with Crippen LogP contribution < -0.4 is 0 Å². The number of hydrogen-bond acceptors (Lipinski definition) is 5. The molecule has 21 heavy (non-hydrogen) atoms. The summed E-state index contributed by atoms with van der Waals surface area (Å²) < 4.78 is 5.19. The molecule has 0 bridgehead atoms. The molecule has 6 nitrogen and oxygen atoms in total. The van der Waals surface area contributed by atoms with Crippen molar-refractivity contribution in [3.8, 4) is 11.3 Å². The van der Waals surface area contributed by atoms with E-state index in [1.165, 1.54) is 0 Å². The van der Waals surface area contributed by atoms with Gasteiger partial charge in [-0.3, -0.25) is 9.78 Å². The molecule has 112 valence electrons. The molecule has 0 aromatic carbocycles. The quantitative estimate of drug-likeness (QED) is 0.913. The number of aromatic nitrogens is 2. The second kappa shape index (κ2) is 6.49. The predicted octanol–water partition coefficient (Wildman–Crippen LogP) is 2.27. The molecule has 0 aliphatic carbocycles. The van der Waals surface area contributed by atoms with Crippen molar-refractivity contribution >= 4 is 5.91 Å². The Morgan fingerprint density at radius 3 is 2.86 bits per heavy atom. The summed E-state index contributed by atoms with van der Waals surface area (Å²) in [5.41, 5.74) is 1.39. The van der Waals surface area contributed by atoms with Crippen molar-refractivity contribution in [3.05, 3.63) is 35.9 Å². The van der Waals surface area contributed by atoms with Crippen molar-refractivity contribution in [2.75, 3.05) is 13.6 Å². The fourth-order valence-electron chi connectivity index (χ4n) is 2.12. The first-order chi connectivity index (χ1) is 10.1. The van der Waals surface area contributed by atoms with Gasteiger partial charge in [0.1, 0.15) is 17.4 Å². The first-order valence-corrected chi connectivity index (χ1v) is 6.89. The zero-order valence-corrected chi connectivity index (χ0v) is 12.4. The second-order valence-electron chi connectivity index (χ2n) is 4.91. The molecule has 2 heterocycles. The molecule has 1 N–H and O–H groups in total. The van der Waals surface area contributed by atoms with Gasteiger partial charge in [-0.15, -0.1) is 0 Å². The maximum atomic E-state index is 12.6. The lowest BCUT2D eigenvalue weighted by atomic mass is 10.0. The van der Waals surface area contributed by atoms with E-state index in [4.69, 9.17) is 4.52 Å². The molecular weight excluding hydrogens is 270 g/mol. The van der Waals surface area contributed by atoms with E-state index in [0.717, 1.165) is 6.42 Å². The van der Waals surface area contributed by atoms with Crippen LogP contribution >= 0.6 is 0 Å². The molecule has 0 fully saturated rings. The molecule has 0 spiro atoms. The molecule has 0 saturated heterocycles. The lowest BCUT2D eigenvalue weighted by Crippen LogP contribution is -2.28. The number of carbonyl (C=O) groups is 1. The summed E-state index contributed by atoms with van der Waals surface area (Å²) in [7, 11) is 1.72. The smallest absolute Gasteiger partial charge is 0.259 e. The van der Waals surface area contributed by atoms with Crippen molar-refractivity contribution in [1.82, 2.24) is 15.0 Å². The van der Waals surface area contributed by atoms with E-state index in [2.05, 4.69) is 10.1 Å². The maximum Gasteiger partial charge on any atom is 0.259 e. The zero-order valence-electron chi connectivity index (χ0n) is 12.4. The van der Waals surface area contributed by atoms with Crippen LogP contribution in [-0.4, -0.2) is 39.6 Å². The van der Waals surface area contributed by atoms with Gasteiger partial charge in [-0.05, 0) is 25.5 Å². The van der Waals surface area contributed by atoms with Crippen molar-refractivity contribution < 1.29 is 14.4 Å². The Morgan fingerprint density at radius 2 is 2.29 bits per heavy atom. The highest BCUT2D eigenvalue weighted by molar-refractivity contribution is 6.00. The summed E-state index contributed by atoms with van der Waals surface area (Å²) in [6.45, 7) is 4.16. The first-order valence-electron chi connectivity index (χ1n) is 6.89. The molecule has 0 aliphatic heterocycles. The standard InChI is InChI=1S/C15H19N3O3/c1-4-8-18(3)15(20)12-13(11-6-5-7-16-9-11)17-21-14(12)10(2)19/h5-7,9-10,19H,4,8H2,1-3H3. The topological polar surface area (TPSA) is 79.5 Å². The van der Waals surface area contributed by atoms with Gasteiger partial charge in [0.25, 0.3) is 5.91 Å². The minimum absolute atomic E-state index is 0.182. The molecule has 2 aromatic rings. The zero-order chi connectivity index (χ0) is 15.4. The van der Waals surface area contributed by atoms with Gasteiger partial charge in [0, 0.05) is 31.5 Å². The van der Waals surface area contributed by atoms with Crippen LogP contribution in [0.3, 0.4) is 0 Å². The van der Waals surface area contributed by atoms with Crippen LogP contribution in [0.25, 0.3) is 11.3 Å². The van der Waals surface area contributed by atoms with E-state index in [1.54, 1.807) is 43.4 Å². The van der Waals surface area contributed by atoms with Gasteiger partial charge in [0.15, 0.2) is 5.76 Å². The number of aliphatic hydroxyl groups excluding tert-OH is 1. The third-order valence-corrected chi connectivity index (χ3v) is 3.15. The van der Waals surface area contributed by atoms with Crippen LogP contribution in [-0.2, 0) is 0 Å². The number of rotatable bonds is 5. The number of hydrogen-bond donors (Lipinski definition) is 1. The number of pyridine rings is 1. The molecular formula is C15H19N3O3. The van der Waals surface area contributed by atoms with Gasteiger partial charge < -0.3 is 14.5 Å². The molecule has 0 radical (unpaired) electrons. The normalized spacial score (nSPS) is 12.2. The fraction of sp³-hybridized carbons (Fsp3) is 0.400. The third kappa shape index (κ3) is 3.11. The first kappa shape index (κ1) is 15.2. The Morgan fingerprint density at radius 1 is 1.52 bits per heavy atom. The Kier molecular flexibility index (Phi) is 4.70. The minimum atomic E-state index is -0.906. The molecule has 1 unspecified atom stereocenters. The van der Waals surface area contributed by atoms with E-state index in [1.807, 2.05) is 6.92 Å². The average Bonchev–Trinajstić information content (AvgIpc) is 2.92. The minimum Gasteiger partial charge on any atom is -0.385 e. The van der Waals surface area contributed by atoms with E-state index >= 15 is 0 Å². The molecule has 2 rings (SSSR count). The second-order valence-corrected chi connectivity index (χ2v) is 4.91. The van der Waals surface area contributed by atoms with Crippen molar-refractivity contribution in [2.24, 2.45) is 0 Å². The molecule has 1 atom stereocenters. The monoisotopic (exact) mass is 289 g/mol. The summed E-state index contributed by atoms with van der Waals surface area (Å²) in [4.78, 5) is 18.2. The summed E-state index contributed by atoms with van der Waals surface area (Å²) in [5.74, 6) is -0.0327. The highest BCUT2D eigenvalue weighted by atomic mass is 16.5. The van der Waals surface area contributed by atoms with Crippen molar-refractivity contribution in [2.45, 2.75) is 26.4 Å². The fourth-order valence-corrected chi connectivity index (χ4v) is 2.12. The van der Waals surface area contributed by atoms with Crippen LogP contribution in [0.1, 0.15) is 42.5 Å². The molecule has 0 saturated carbocycles. The summed E-state index contributed by atoms with van der Waals surface area (Å²) in [6.07, 6.45) is 3.20. The van der Waals surface area contributed by atoms with Gasteiger partial charge in [-0.25, -0.2) is 0 Å². The summed E-state index contributed by atoms with van der Waals surface area (Å²) in [6, 6.07) is 3.56. The highest BCUT2D eigenvalue weighted by Gasteiger charge is 2.28. The van der Waals surface area contributed by atoms with E-state index in [9.17, 15) is 9.90 Å². The van der Waals surface area contributed by atoms with Gasteiger partial charge >= 0.3 is 0 Å². The van der Waals surface area contributed by atoms with E-state index < -0.39 is 6.10 Å². The number of nitrogens with zero attached hydrogens (tertiary/aromatic N) is 3. The van der Waals surface area contributed by atoms with Gasteiger partial charge in [0.2, 0.25) is 0 Å². The molecule has 6 heteroatoms. The third-order valence-electron chi connectivity index (χ3n) is 3.15. The SMILES string of the molecule is CCCN(C)C(=O)c1c(-c2cccnc2)noc1C(C)O. The number of carbonyl (C=O) groups excluding carboxylic acids is 1. The summed E-state index contributed by atoms with van der Waals surface area (Å²) >= 11 is 0. The Labute approximate surface area is 123 Å². The highest BCUT2D eigenvalue weighted by Crippen LogP contribution is 2.29. The predicted molar refractivity (Wildman–Crippen MR) is 77.6 cm³/mol. The maximum absolute atomic E-state index is 12.6. The van der Waals surface area contributed by atoms with E-state index in [0.29, 0.717) is 23.4 Å². The molecule has 2 aromatic heterocycles. The van der Waals surface area contributed by atoms with Crippen LogP contribution in [0.4, 0.5) is 0 Å². The van der Waals surface area contributed by atoms with Crippen LogP contribution in [0, 0.1) is 0 Å². The number of aliphatic hydroxyl groups is 1. The van der Waals surface area contributed by atoms with Gasteiger partial charge in [-0.2, -0.15) is 0 Å². The van der Waals surface area contributed by atoms with Gasteiger partial charge in [0.05, 0.1) is 0 Å². The lowest BCUT2D eigenvalue weighted by molar-refractivity contribution is 0.0783. The number of amides is 1. The largest absolute Gasteiger partial charge is 0.385 e. The van der Waals surface area contributed by atoms with Crippen molar-refractivity contribution in [3.63, 3.8) is 0 Å². The van der Waals surface area contributed by atoms with Gasteiger partial charge in [-0.1, -0.05) is 12.1 Å². The van der Waals surface area contributed by atoms with E-state index in [-0.39, 0.29) is 11.7 Å².